The molecule has 3 aromatic rings. The molecule has 0 aliphatic carbocycles. The minimum Gasteiger partial charge on any atom is -0.352 e. The lowest BCUT2D eigenvalue weighted by atomic mass is 10.3. The van der Waals surface area contributed by atoms with E-state index in [2.05, 4.69) is 25.4 Å². The normalized spacial score (nSPS) is 14.2. The summed E-state index contributed by atoms with van der Waals surface area (Å²) in [6, 6.07) is 13.5. The zero-order valence-electron chi connectivity index (χ0n) is 15.8. The average Bonchev–Trinajstić information content (AvgIpc) is 3.22. The number of nitrogens with zero attached hydrogens (tertiary/aromatic N) is 6. The van der Waals surface area contributed by atoms with Gasteiger partial charge in [-0.3, -0.25) is 4.79 Å². The molecule has 0 radical (unpaired) electrons. The minimum atomic E-state index is 0.145. The van der Waals surface area contributed by atoms with Gasteiger partial charge in [0, 0.05) is 44.3 Å². The molecule has 1 N–H and O–H groups in total. The van der Waals surface area contributed by atoms with Crippen LogP contribution in [0.15, 0.2) is 54.9 Å². The van der Waals surface area contributed by atoms with E-state index < -0.39 is 0 Å². The van der Waals surface area contributed by atoms with Gasteiger partial charge in [-0.25, -0.2) is 4.98 Å². The van der Waals surface area contributed by atoms with Gasteiger partial charge in [0.1, 0.15) is 12.4 Å². The van der Waals surface area contributed by atoms with Gasteiger partial charge in [-0.05, 0) is 43.3 Å². The number of hydrogen-bond donors (Lipinski definition) is 1. The highest BCUT2D eigenvalue weighted by Gasteiger charge is 2.22. The van der Waals surface area contributed by atoms with Gasteiger partial charge in [-0.1, -0.05) is 6.07 Å². The second-order valence-corrected chi connectivity index (χ2v) is 6.79. The van der Waals surface area contributed by atoms with Gasteiger partial charge >= 0.3 is 0 Å². The fourth-order valence-electron chi connectivity index (χ4n) is 3.22. The van der Waals surface area contributed by atoms with Crippen LogP contribution in [-0.2, 0) is 11.3 Å². The molecule has 144 valence electrons. The Morgan fingerprint density at radius 2 is 1.75 bits per heavy atom. The van der Waals surface area contributed by atoms with E-state index in [4.69, 9.17) is 0 Å². The SMILES string of the molecule is Cc1cccc(Nc2ccc(N3CCN(C(=O)Cn4cccc4)CC3)nn2)n1. The van der Waals surface area contributed by atoms with E-state index in [-0.39, 0.29) is 5.91 Å². The molecule has 0 unspecified atom stereocenters. The van der Waals surface area contributed by atoms with E-state index in [0.29, 0.717) is 25.5 Å². The molecular formula is C20H23N7O. The number of piperazine rings is 1. The summed E-state index contributed by atoms with van der Waals surface area (Å²) in [5.74, 6) is 2.37. The van der Waals surface area contributed by atoms with Crippen LogP contribution < -0.4 is 10.2 Å². The molecule has 8 heteroatoms. The summed E-state index contributed by atoms with van der Waals surface area (Å²) in [5.41, 5.74) is 0.943. The molecule has 4 heterocycles. The molecule has 28 heavy (non-hydrogen) atoms. The summed E-state index contributed by atoms with van der Waals surface area (Å²) in [6.07, 6.45) is 3.82. The van der Waals surface area contributed by atoms with Crippen LogP contribution in [0, 0.1) is 6.92 Å². The van der Waals surface area contributed by atoms with Gasteiger partial charge in [-0.15, -0.1) is 10.2 Å². The van der Waals surface area contributed by atoms with Crippen LogP contribution in [-0.4, -0.2) is 56.7 Å². The number of anilines is 3. The molecule has 3 aromatic heterocycles. The number of aromatic nitrogens is 4. The van der Waals surface area contributed by atoms with Crippen LogP contribution >= 0.6 is 0 Å². The molecule has 1 aliphatic heterocycles. The summed E-state index contributed by atoms with van der Waals surface area (Å²) in [4.78, 5) is 20.9. The van der Waals surface area contributed by atoms with Crippen molar-refractivity contribution >= 4 is 23.4 Å². The summed E-state index contributed by atoms with van der Waals surface area (Å²) in [6.45, 7) is 5.21. The third-order valence-electron chi connectivity index (χ3n) is 4.74. The zero-order valence-corrected chi connectivity index (χ0v) is 15.8. The predicted octanol–water partition coefficient (Wildman–Crippen LogP) is 2.07. The number of hydrogen-bond acceptors (Lipinski definition) is 6. The average molecular weight is 377 g/mol. The Labute approximate surface area is 163 Å². The molecule has 0 saturated carbocycles. The summed E-state index contributed by atoms with van der Waals surface area (Å²) in [5, 5.41) is 11.7. The molecular weight excluding hydrogens is 354 g/mol. The molecule has 0 atom stereocenters. The smallest absolute Gasteiger partial charge is 0.242 e. The minimum absolute atomic E-state index is 0.145. The third kappa shape index (κ3) is 4.28. The number of carbonyl (C=O) groups excluding carboxylic acids is 1. The number of rotatable bonds is 5. The Kier molecular flexibility index (Phi) is 5.18. The van der Waals surface area contributed by atoms with Crippen molar-refractivity contribution in [2.45, 2.75) is 13.5 Å². The molecule has 8 nitrogen and oxygen atoms in total. The van der Waals surface area contributed by atoms with Gasteiger partial charge < -0.3 is 19.7 Å². The number of nitrogens with one attached hydrogen (secondary N) is 1. The van der Waals surface area contributed by atoms with Gasteiger partial charge in [0.15, 0.2) is 11.6 Å². The zero-order chi connectivity index (χ0) is 19.3. The highest BCUT2D eigenvalue weighted by molar-refractivity contribution is 5.76. The molecule has 0 aromatic carbocycles. The predicted molar refractivity (Wildman–Crippen MR) is 108 cm³/mol. The highest BCUT2D eigenvalue weighted by atomic mass is 16.2. The van der Waals surface area contributed by atoms with Crippen molar-refractivity contribution < 1.29 is 4.79 Å². The summed E-state index contributed by atoms with van der Waals surface area (Å²) < 4.78 is 1.90. The maximum Gasteiger partial charge on any atom is 0.242 e. The quantitative estimate of drug-likeness (QED) is 0.733. The third-order valence-corrected chi connectivity index (χ3v) is 4.74. The topological polar surface area (TPSA) is 79.2 Å². The summed E-state index contributed by atoms with van der Waals surface area (Å²) >= 11 is 0. The maximum atomic E-state index is 12.4. The van der Waals surface area contributed by atoms with Crippen molar-refractivity contribution in [1.82, 2.24) is 24.6 Å². The standard InChI is InChI=1S/C20H23N7O/c1-16-5-4-6-17(21-16)22-18-7-8-19(24-23-18)26-11-13-27(14-12-26)20(28)15-25-9-2-3-10-25/h2-10H,11-15H2,1H3,(H,21,22,23). The van der Waals surface area contributed by atoms with Crippen molar-refractivity contribution in [3.05, 3.63) is 60.6 Å². The first-order valence-electron chi connectivity index (χ1n) is 9.35. The lowest BCUT2D eigenvalue weighted by molar-refractivity contribution is -0.132. The van der Waals surface area contributed by atoms with Crippen molar-refractivity contribution in [2.75, 3.05) is 36.4 Å². The first-order valence-corrected chi connectivity index (χ1v) is 9.35. The Morgan fingerprint density at radius 1 is 0.964 bits per heavy atom. The van der Waals surface area contributed by atoms with E-state index in [0.717, 1.165) is 30.4 Å². The first kappa shape index (κ1) is 18.0. The van der Waals surface area contributed by atoms with Crippen LogP contribution in [0.2, 0.25) is 0 Å². The Morgan fingerprint density at radius 3 is 2.43 bits per heavy atom. The molecule has 1 fully saturated rings. The number of pyridine rings is 1. The van der Waals surface area contributed by atoms with E-state index in [1.54, 1.807) is 0 Å². The van der Waals surface area contributed by atoms with E-state index in [1.807, 2.05) is 71.2 Å². The fourth-order valence-corrected chi connectivity index (χ4v) is 3.22. The second kappa shape index (κ2) is 8.08. The molecule has 1 amide bonds. The maximum absolute atomic E-state index is 12.4. The molecule has 0 bridgehead atoms. The number of amides is 1. The van der Waals surface area contributed by atoms with E-state index >= 15 is 0 Å². The van der Waals surface area contributed by atoms with Crippen molar-refractivity contribution in [2.24, 2.45) is 0 Å². The summed E-state index contributed by atoms with van der Waals surface area (Å²) in [7, 11) is 0. The second-order valence-electron chi connectivity index (χ2n) is 6.79. The molecule has 0 spiro atoms. The number of carbonyl (C=O) groups is 1. The Hall–Kier alpha value is -3.42. The van der Waals surface area contributed by atoms with Crippen LogP contribution in [0.4, 0.5) is 17.5 Å². The Bertz CT molecular complexity index is 916. The monoisotopic (exact) mass is 377 g/mol. The van der Waals surface area contributed by atoms with Gasteiger partial charge in [0.05, 0.1) is 0 Å². The van der Waals surface area contributed by atoms with Gasteiger partial charge in [0.2, 0.25) is 5.91 Å². The molecule has 1 saturated heterocycles. The van der Waals surface area contributed by atoms with Gasteiger partial charge in [-0.2, -0.15) is 0 Å². The Balaban J connectivity index is 1.31. The number of aryl methyl sites for hydroxylation is 1. The van der Waals surface area contributed by atoms with E-state index in [1.165, 1.54) is 0 Å². The lowest BCUT2D eigenvalue weighted by Crippen LogP contribution is -2.49. The van der Waals surface area contributed by atoms with E-state index in [9.17, 15) is 4.79 Å². The molecule has 4 rings (SSSR count). The largest absolute Gasteiger partial charge is 0.352 e. The van der Waals surface area contributed by atoms with Crippen LogP contribution in [0.1, 0.15) is 5.69 Å². The lowest BCUT2D eigenvalue weighted by Gasteiger charge is -2.35. The first-order chi connectivity index (χ1) is 13.7. The van der Waals surface area contributed by atoms with Crippen molar-refractivity contribution in [3.63, 3.8) is 0 Å². The van der Waals surface area contributed by atoms with Crippen LogP contribution in [0.25, 0.3) is 0 Å². The van der Waals surface area contributed by atoms with Gasteiger partial charge in [0.25, 0.3) is 0 Å². The van der Waals surface area contributed by atoms with Crippen molar-refractivity contribution in [1.29, 1.82) is 0 Å². The van der Waals surface area contributed by atoms with Crippen LogP contribution in [0.5, 0.6) is 0 Å². The highest BCUT2D eigenvalue weighted by Crippen LogP contribution is 2.17. The van der Waals surface area contributed by atoms with Crippen molar-refractivity contribution in [3.8, 4) is 0 Å². The van der Waals surface area contributed by atoms with Crippen LogP contribution in [0.3, 0.4) is 0 Å². The fraction of sp³-hybridized carbons (Fsp3) is 0.300. The molecule has 1 aliphatic rings.